The molecule has 9 nitrogen and oxygen atoms in total. The van der Waals surface area contributed by atoms with Gasteiger partial charge in [-0.15, -0.1) is 0 Å². The van der Waals surface area contributed by atoms with E-state index in [9.17, 15) is 9.59 Å². The van der Waals surface area contributed by atoms with E-state index in [0.29, 0.717) is 32.8 Å². The van der Waals surface area contributed by atoms with Crippen molar-refractivity contribution >= 4 is 12.3 Å². The Bertz CT molecular complexity index is 2230. The van der Waals surface area contributed by atoms with Crippen LogP contribution in [-0.2, 0) is 61.2 Å². The van der Waals surface area contributed by atoms with Gasteiger partial charge in [0.05, 0.1) is 25.9 Å². The Morgan fingerprint density at radius 3 is 1.84 bits per heavy atom. The van der Waals surface area contributed by atoms with Crippen LogP contribution in [0.25, 0.3) is 0 Å². The number of rotatable bonds is 24. The second-order valence-corrected chi connectivity index (χ2v) is 18.9. The molecule has 1 saturated heterocycles. The van der Waals surface area contributed by atoms with E-state index in [1.54, 1.807) is 0 Å². The zero-order valence-corrected chi connectivity index (χ0v) is 40.3. The van der Waals surface area contributed by atoms with Crippen molar-refractivity contribution in [2.75, 3.05) is 27.2 Å². The summed E-state index contributed by atoms with van der Waals surface area (Å²) in [6, 6.07) is 46.5. The molecule has 7 rings (SSSR count). The quantitative estimate of drug-likeness (QED) is 0.0487. The average molecular weight is 908 g/mol. The Balaban J connectivity index is 1.09. The molecule has 2 aliphatic rings. The molecule has 1 N–H and O–H groups in total. The third-order valence-corrected chi connectivity index (χ3v) is 13.6. The standard InChI is InChI=1S/C58H73N3O6/c1-5-19-52-55(64-40-47-20-10-6-11-21-47)57(66-42-49-24-14-8-15-25-49)56(65-41-48-22-12-7-13-23-48)54(67-52)50-33-28-44(2)51(39-50)38-46-31-29-45(30-32-46)26-18-27-53(63)61(37-36-60(3)4)58(59-43-62)34-16-9-17-35-58/h6-8,10-15,20-25,28-33,39,43,52,54-57H,5,9,16-19,26-27,34-38,40-42H2,1-4H3,(H,59,62)/t52-,54+,55-,56+,57+/m1/s1. The lowest BCUT2D eigenvalue weighted by molar-refractivity contribution is -0.268. The molecule has 1 aliphatic heterocycles. The molecule has 0 spiro atoms. The van der Waals surface area contributed by atoms with Crippen molar-refractivity contribution in [2.45, 2.75) is 140 Å². The molecule has 9 heteroatoms. The topological polar surface area (TPSA) is 89.6 Å². The van der Waals surface area contributed by atoms with Crippen LogP contribution >= 0.6 is 0 Å². The zero-order valence-electron chi connectivity index (χ0n) is 40.3. The maximum Gasteiger partial charge on any atom is 0.224 e. The maximum atomic E-state index is 13.9. The number of hydrogen-bond donors (Lipinski definition) is 1. The van der Waals surface area contributed by atoms with Gasteiger partial charge in [0.1, 0.15) is 30.1 Å². The molecular weight excluding hydrogens is 835 g/mol. The number of amides is 2. The van der Waals surface area contributed by atoms with Gasteiger partial charge in [-0.1, -0.05) is 153 Å². The van der Waals surface area contributed by atoms with Gasteiger partial charge in [0.25, 0.3) is 0 Å². The fraction of sp³-hybridized carbons (Fsp3) is 0.448. The Labute approximate surface area is 400 Å². The molecule has 0 bridgehead atoms. The number of ether oxygens (including phenoxy) is 4. The fourth-order valence-electron chi connectivity index (χ4n) is 9.87. The molecule has 1 heterocycles. The Kier molecular flexibility index (Phi) is 18.8. The van der Waals surface area contributed by atoms with E-state index < -0.39 is 24.0 Å². The van der Waals surface area contributed by atoms with Gasteiger partial charge in [0.15, 0.2) is 0 Å². The minimum Gasteiger partial charge on any atom is -0.368 e. The molecule has 1 saturated carbocycles. The van der Waals surface area contributed by atoms with Crippen molar-refractivity contribution in [3.05, 3.63) is 178 Å². The van der Waals surface area contributed by atoms with Crippen LogP contribution in [0, 0.1) is 6.92 Å². The molecule has 2 amide bonds. The molecule has 0 aromatic heterocycles. The molecule has 2 fully saturated rings. The maximum absolute atomic E-state index is 13.9. The monoisotopic (exact) mass is 908 g/mol. The van der Waals surface area contributed by atoms with E-state index in [1.807, 2.05) is 73.6 Å². The number of nitrogens with zero attached hydrogens (tertiary/aromatic N) is 2. The molecule has 356 valence electrons. The second-order valence-electron chi connectivity index (χ2n) is 18.9. The Morgan fingerprint density at radius 1 is 0.701 bits per heavy atom. The van der Waals surface area contributed by atoms with E-state index in [1.165, 1.54) is 22.3 Å². The van der Waals surface area contributed by atoms with Crippen LogP contribution in [-0.4, -0.2) is 79.4 Å². The van der Waals surface area contributed by atoms with E-state index in [-0.39, 0.29) is 18.1 Å². The molecule has 5 atom stereocenters. The van der Waals surface area contributed by atoms with Gasteiger partial charge in [-0.2, -0.15) is 0 Å². The van der Waals surface area contributed by atoms with Gasteiger partial charge in [0.2, 0.25) is 12.3 Å². The highest BCUT2D eigenvalue weighted by atomic mass is 16.6. The molecule has 1 aliphatic carbocycles. The van der Waals surface area contributed by atoms with Gasteiger partial charge in [-0.3, -0.25) is 9.59 Å². The second kappa shape index (κ2) is 25.3. The molecule has 67 heavy (non-hydrogen) atoms. The lowest BCUT2D eigenvalue weighted by Crippen LogP contribution is -2.62. The highest BCUT2D eigenvalue weighted by Crippen LogP contribution is 2.40. The van der Waals surface area contributed by atoms with Crippen molar-refractivity contribution in [3.63, 3.8) is 0 Å². The number of likely N-dealkylation sites (N-methyl/N-ethyl adjacent to an activating group) is 1. The first kappa shape index (κ1) is 49.7. The number of hydrogen-bond acceptors (Lipinski definition) is 7. The summed E-state index contributed by atoms with van der Waals surface area (Å²) in [6.07, 6.45) is 8.20. The number of carbonyl (C=O) groups is 2. The minimum absolute atomic E-state index is 0.116. The minimum atomic E-state index is -0.586. The van der Waals surface area contributed by atoms with Crippen LogP contribution in [0.1, 0.15) is 115 Å². The van der Waals surface area contributed by atoms with Crippen molar-refractivity contribution < 1.29 is 28.5 Å². The summed E-state index contributed by atoms with van der Waals surface area (Å²) < 4.78 is 28.1. The van der Waals surface area contributed by atoms with Crippen LogP contribution in [0.5, 0.6) is 0 Å². The van der Waals surface area contributed by atoms with Crippen molar-refractivity contribution in [1.82, 2.24) is 15.1 Å². The molecule has 0 radical (unpaired) electrons. The average Bonchev–Trinajstić information content (AvgIpc) is 3.35. The van der Waals surface area contributed by atoms with E-state index in [2.05, 4.69) is 103 Å². The zero-order chi connectivity index (χ0) is 46.9. The Morgan fingerprint density at radius 2 is 1.27 bits per heavy atom. The SMILES string of the molecule is CCC[C@H]1O[C@@H](c2ccc(C)c(Cc3ccc(CCCC(=O)N(CCN(C)C)C4(NC=O)CCCCC4)cc3)c2)[C@H](OCc2ccccc2)[C@@H](OCc2ccccc2)[C@@H]1OCc1ccccc1. The number of aryl methyl sites for hydroxylation is 2. The first-order chi connectivity index (χ1) is 32.7. The van der Waals surface area contributed by atoms with E-state index >= 15 is 0 Å². The third kappa shape index (κ3) is 14.0. The lowest BCUT2D eigenvalue weighted by atomic mass is 9.87. The molecule has 5 aromatic carbocycles. The van der Waals surface area contributed by atoms with E-state index in [0.717, 1.165) is 99.4 Å². The fourth-order valence-corrected chi connectivity index (χ4v) is 9.87. The van der Waals surface area contributed by atoms with Crippen LogP contribution in [0.4, 0.5) is 0 Å². The van der Waals surface area contributed by atoms with Crippen LogP contribution < -0.4 is 5.32 Å². The van der Waals surface area contributed by atoms with Crippen LogP contribution in [0.3, 0.4) is 0 Å². The summed E-state index contributed by atoms with van der Waals surface area (Å²) in [4.78, 5) is 29.7. The predicted molar refractivity (Wildman–Crippen MR) is 266 cm³/mol. The summed E-state index contributed by atoms with van der Waals surface area (Å²) in [5, 5.41) is 3.09. The van der Waals surface area contributed by atoms with Crippen molar-refractivity contribution in [2.24, 2.45) is 0 Å². The summed E-state index contributed by atoms with van der Waals surface area (Å²) >= 11 is 0. The summed E-state index contributed by atoms with van der Waals surface area (Å²) in [5.74, 6) is 0.116. The summed E-state index contributed by atoms with van der Waals surface area (Å²) in [5.41, 5.74) is 8.64. The van der Waals surface area contributed by atoms with Crippen LogP contribution in [0.15, 0.2) is 133 Å². The van der Waals surface area contributed by atoms with Gasteiger partial charge in [-0.25, -0.2) is 0 Å². The first-order valence-corrected chi connectivity index (χ1v) is 24.7. The van der Waals surface area contributed by atoms with Crippen molar-refractivity contribution in [1.29, 1.82) is 0 Å². The lowest BCUT2D eigenvalue weighted by Gasteiger charge is -2.47. The first-order valence-electron chi connectivity index (χ1n) is 24.7. The van der Waals surface area contributed by atoms with E-state index in [4.69, 9.17) is 18.9 Å². The smallest absolute Gasteiger partial charge is 0.224 e. The number of nitrogens with one attached hydrogen (secondary N) is 1. The predicted octanol–water partition coefficient (Wildman–Crippen LogP) is 10.7. The third-order valence-electron chi connectivity index (χ3n) is 13.6. The van der Waals surface area contributed by atoms with Gasteiger partial charge < -0.3 is 34.1 Å². The van der Waals surface area contributed by atoms with Crippen LogP contribution in [0.2, 0.25) is 0 Å². The molecule has 0 unspecified atom stereocenters. The van der Waals surface area contributed by atoms with Gasteiger partial charge in [-0.05, 0) is 117 Å². The summed E-state index contributed by atoms with van der Waals surface area (Å²) in [7, 11) is 4.05. The summed E-state index contributed by atoms with van der Waals surface area (Å²) in [6.45, 7) is 7.00. The molecule has 5 aromatic rings. The normalized spacial score (nSPS) is 20.3. The largest absolute Gasteiger partial charge is 0.368 e. The van der Waals surface area contributed by atoms with Crippen molar-refractivity contribution in [3.8, 4) is 0 Å². The number of benzene rings is 5. The molecular formula is C58H73N3O6. The Hall–Kier alpha value is -5.16. The highest BCUT2D eigenvalue weighted by molar-refractivity contribution is 5.77. The van der Waals surface area contributed by atoms with Gasteiger partial charge in [0, 0.05) is 19.5 Å². The van der Waals surface area contributed by atoms with Gasteiger partial charge >= 0.3 is 0 Å². The highest BCUT2D eigenvalue weighted by Gasteiger charge is 2.48. The number of carbonyl (C=O) groups excluding carboxylic acids is 2.